The number of ether oxygens (including phenoxy) is 1. The topological polar surface area (TPSA) is 81.4 Å². The Hall–Kier alpha value is -1.67. The number of nitrogens with one attached hydrogen (secondary N) is 1. The van der Waals surface area contributed by atoms with E-state index < -0.39 is 0 Å². The first kappa shape index (κ1) is 19.7. The molecule has 1 N–H and O–H groups in total. The van der Waals surface area contributed by atoms with Gasteiger partial charge in [-0.1, -0.05) is 25.1 Å². The molecule has 138 valence electrons. The van der Waals surface area contributed by atoms with Crippen molar-refractivity contribution in [1.29, 1.82) is 0 Å². The van der Waals surface area contributed by atoms with Crippen LogP contribution in [0.4, 0.5) is 0 Å². The molecule has 7 nitrogen and oxygen atoms in total. The van der Waals surface area contributed by atoms with Crippen LogP contribution in [-0.4, -0.2) is 51.0 Å². The van der Waals surface area contributed by atoms with Crippen molar-refractivity contribution in [2.24, 2.45) is 0 Å². The van der Waals surface area contributed by atoms with Crippen LogP contribution in [0.2, 0.25) is 0 Å². The molecule has 1 amide bonds. The first-order valence-corrected chi connectivity index (χ1v) is 9.58. The van der Waals surface area contributed by atoms with Gasteiger partial charge in [-0.05, 0) is 39.2 Å². The molecule has 8 heteroatoms. The van der Waals surface area contributed by atoms with Gasteiger partial charge in [0.25, 0.3) is 5.78 Å². The second-order valence-electron chi connectivity index (χ2n) is 6.18. The molecule has 1 unspecified atom stereocenters. The summed E-state index contributed by atoms with van der Waals surface area (Å²) >= 11 is 1.32. The third-order valence-corrected chi connectivity index (χ3v) is 4.80. The molecule has 0 aromatic carbocycles. The molecular formula is C17H27N5O2S. The van der Waals surface area contributed by atoms with E-state index in [0.717, 1.165) is 30.7 Å². The molecule has 0 bridgehead atoms. The molecule has 2 aromatic rings. The monoisotopic (exact) mass is 365 g/mol. The normalized spacial score (nSPS) is 12.5. The summed E-state index contributed by atoms with van der Waals surface area (Å²) in [6.07, 6.45) is 3.27. The third kappa shape index (κ3) is 5.15. The minimum atomic E-state index is -0.0575. The number of aryl methyl sites for hydroxylation is 2. The lowest BCUT2D eigenvalue weighted by Crippen LogP contribution is -2.36. The Morgan fingerprint density at radius 2 is 2.12 bits per heavy atom. The minimum absolute atomic E-state index is 0.0141. The molecule has 0 saturated heterocycles. The maximum atomic E-state index is 11.9. The highest BCUT2D eigenvalue weighted by molar-refractivity contribution is 7.99. The van der Waals surface area contributed by atoms with Crippen LogP contribution in [0.15, 0.2) is 5.16 Å². The molecule has 0 fully saturated rings. The van der Waals surface area contributed by atoms with Gasteiger partial charge in [0.2, 0.25) is 11.1 Å². The van der Waals surface area contributed by atoms with Crippen LogP contribution in [-0.2, 0) is 16.0 Å². The Morgan fingerprint density at radius 1 is 1.36 bits per heavy atom. The Labute approximate surface area is 153 Å². The van der Waals surface area contributed by atoms with Gasteiger partial charge in [0, 0.05) is 24.5 Å². The number of carbonyl (C=O) groups excluding carboxylic acids is 1. The van der Waals surface area contributed by atoms with Crippen molar-refractivity contribution in [3.63, 3.8) is 0 Å². The van der Waals surface area contributed by atoms with E-state index in [4.69, 9.17) is 4.74 Å². The second-order valence-corrected chi connectivity index (χ2v) is 7.13. The number of methoxy groups -OCH3 is 1. The third-order valence-electron chi connectivity index (χ3n) is 3.97. The van der Waals surface area contributed by atoms with Gasteiger partial charge in [-0.3, -0.25) is 4.79 Å². The van der Waals surface area contributed by atoms with Crippen molar-refractivity contribution in [3.05, 3.63) is 17.0 Å². The van der Waals surface area contributed by atoms with Gasteiger partial charge in [0.15, 0.2) is 0 Å². The zero-order chi connectivity index (χ0) is 18.4. The van der Waals surface area contributed by atoms with Crippen molar-refractivity contribution >= 4 is 23.4 Å². The number of fused-ring (bicyclic) bond motifs is 1. The summed E-state index contributed by atoms with van der Waals surface area (Å²) in [6.45, 7) is 8.65. The maximum Gasteiger partial charge on any atom is 0.253 e. The second kappa shape index (κ2) is 9.15. The summed E-state index contributed by atoms with van der Waals surface area (Å²) in [5.74, 6) is 0.801. The molecule has 0 radical (unpaired) electrons. The zero-order valence-corrected chi connectivity index (χ0v) is 16.4. The summed E-state index contributed by atoms with van der Waals surface area (Å²) in [4.78, 5) is 21.0. The van der Waals surface area contributed by atoms with Crippen molar-refractivity contribution in [3.8, 4) is 0 Å². The molecule has 1 atom stereocenters. The SMILES string of the molecule is CCCCc1c(C)nc2nc(SCC(=O)NC(C)COC)nn2c1C. The number of carbonyl (C=O) groups is 1. The van der Waals surface area contributed by atoms with E-state index in [1.54, 1.807) is 11.6 Å². The smallest absolute Gasteiger partial charge is 0.253 e. The zero-order valence-electron chi connectivity index (χ0n) is 15.6. The molecule has 0 aliphatic heterocycles. The number of nitrogens with zero attached hydrogens (tertiary/aromatic N) is 4. The predicted molar refractivity (Wildman–Crippen MR) is 99.1 cm³/mol. The van der Waals surface area contributed by atoms with E-state index in [-0.39, 0.29) is 17.7 Å². The van der Waals surface area contributed by atoms with Gasteiger partial charge in [0.05, 0.1) is 12.4 Å². The first-order valence-electron chi connectivity index (χ1n) is 8.60. The maximum absolute atomic E-state index is 11.9. The number of hydrogen-bond acceptors (Lipinski definition) is 6. The summed E-state index contributed by atoms with van der Waals surface area (Å²) in [5, 5.41) is 7.95. The van der Waals surface area contributed by atoms with E-state index in [9.17, 15) is 4.79 Å². The fraction of sp³-hybridized carbons (Fsp3) is 0.647. The van der Waals surface area contributed by atoms with Gasteiger partial charge in [-0.15, -0.1) is 5.10 Å². The fourth-order valence-electron chi connectivity index (χ4n) is 2.70. The van der Waals surface area contributed by atoms with Crippen LogP contribution in [0, 0.1) is 13.8 Å². The molecule has 25 heavy (non-hydrogen) atoms. The number of hydrogen-bond donors (Lipinski definition) is 1. The fourth-order valence-corrected chi connectivity index (χ4v) is 3.33. The van der Waals surface area contributed by atoms with E-state index >= 15 is 0 Å². The average Bonchev–Trinajstić information content (AvgIpc) is 2.96. The molecule has 2 rings (SSSR count). The lowest BCUT2D eigenvalue weighted by molar-refractivity contribution is -0.119. The lowest BCUT2D eigenvalue weighted by atomic mass is 10.1. The summed E-state index contributed by atoms with van der Waals surface area (Å²) < 4.78 is 6.80. The summed E-state index contributed by atoms with van der Waals surface area (Å²) in [7, 11) is 1.62. The van der Waals surface area contributed by atoms with Crippen molar-refractivity contribution in [2.75, 3.05) is 19.5 Å². The van der Waals surface area contributed by atoms with Crippen LogP contribution >= 0.6 is 11.8 Å². The quantitative estimate of drug-likeness (QED) is 0.687. The minimum Gasteiger partial charge on any atom is -0.383 e. The number of aromatic nitrogens is 4. The number of unbranched alkanes of at least 4 members (excludes halogenated alkanes) is 1. The van der Waals surface area contributed by atoms with Crippen LogP contribution in [0.25, 0.3) is 5.78 Å². The Bertz CT molecular complexity index is 731. The Balaban J connectivity index is 2.08. The van der Waals surface area contributed by atoms with Crippen LogP contribution < -0.4 is 5.32 Å². The molecule has 0 spiro atoms. The Morgan fingerprint density at radius 3 is 2.80 bits per heavy atom. The molecule has 2 aromatic heterocycles. The summed E-state index contributed by atoms with van der Waals surface area (Å²) in [5.41, 5.74) is 3.32. The predicted octanol–water partition coefficient (Wildman–Crippen LogP) is 2.33. The lowest BCUT2D eigenvalue weighted by Gasteiger charge is -2.11. The molecular weight excluding hydrogens is 338 g/mol. The number of amides is 1. The van der Waals surface area contributed by atoms with Crippen LogP contribution in [0.3, 0.4) is 0 Å². The van der Waals surface area contributed by atoms with Gasteiger partial charge in [-0.2, -0.15) is 4.98 Å². The highest BCUT2D eigenvalue weighted by Crippen LogP contribution is 2.19. The summed E-state index contributed by atoms with van der Waals surface area (Å²) in [6, 6.07) is -0.0141. The standard InChI is InChI=1S/C17H27N5O2S/c1-6-7-8-14-12(3)19-16-20-17(21-22(16)13(14)4)25-10-15(23)18-11(2)9-24-5/h11H,6-10H2,1-5H3,(H,18,23). The first-order chi connectivity index (χ1) is 12.0. The van der Waals surface area contributed by atoms with E-state index in [0.29, 0.717) is 17.5 Å². The van der Waals surface area contributed by atoms with E-state index in [1.165, 1.54) is 17.3 Å². The largest absolute Gasteiger partial charge is 0.383 e. The van der Waals surface area contributed by atoms with Gasteiger partial charge < -0.3 is 10.1 Å². The van der Waals surface area contributed by atoms with Crippen molar-refractivity contribution in [1.82, 2.24) is 24.9 Å². The average molecular weight is 366 g/mol. The highest BCUT2D eigenvalue weighted by Gasteiger charge is 2.15. The van der Waals surface area contributed by atoms with Gasteiger partial charge in [0.1, 0.15) is 0 Å². The van der Waals surface area contributed by atoms with Crippen LogP contribution in [0.5, 0.6) is 0 Å². The molecule has 0 aliphatic carbocycles. The van der Waals surface area contributed by atoms with Crippen molar-refractivity contribution in [2.45, 2.75) is 58.2 Å². The van der Waals surface area contributed by atoms with Crippen LogP contribution in [0.1, 0.15) is 43.6 Å². The van der Waals surface area contributed by atoms with Gasteiger partial charge in [-0.25, -0.2) is 9.50 Å². The van der Waals surface area contributed by atoms with E-state index in [1.807, 2.05) is 13.8 Å². The van der Waals surface area contributed by atoms with E-state index in [2.05, 4.69) is 34.2 Å². The number of rotatable bonds is 9. The van der Waals surface area contributed by atoms with Gasteiger partial charge >= 0.3 is 0 Å². The van der Waals surface area contributed by atoms with Crippen molar-refractivity contribution < 1.29 is 9.53 Å². The molecule has 0 aliphatic rings. The Kier molecular flexibility index (Phi) is 7.19. The highest BCUT2D eigenvalue weighted by atomic mass is 32.2. The molecule has 0 saturated carbocycles. The number of thioether (sulfide) groups is 1. The molecule has 2 heterocycles.